The van der Waals surface area contributed by atoms with Gasteiger partial charge >= 0.3 is 11.9 Å². The lowest BCUT2D eigenvalue weighted by Crippen LogP contribution is -2.07. The van der Waals surface area contributed by atoms with E-state index < -0.39 is 11.9 Å². The Morgan fingerprint density at radius 2 is 1.56 bits per heavy atom. The van der Waals surface area contributed by atoms with Gasteiger partial charge < -0.3 is 19.3 Å². The van der Waals surface area contributed by atoms with Crippen molar-refractivity contribution in [2.75, 3.05) is 13.2 Å². The molecule has 7 heteroatoms. The molecule has 0 amide bonds. The van der Waals surface area contributed by atoms with E-state index in [0.717, 1.165) is 11.1 Å². The van der Waals surface area contributed by atoms with Gasteiger partial charge in [-0.2, -0.15) is 0 Å². The minimum atomic E-state index is -1.06. The first-order valence-electron chi connectivity index (χ1n) is 8.46. The minimum absolute atomic E-state index is 0.0809. The van der Waals surface area contributed by atoms with Crippen molar-refractivity contribution in [3.8, 4) is 11.5 Å². The van der Waals surface area contributed by atoms with Crippen LogP contribution in [0, 0.1) is 0 Å². The van der Waals surface area contributed by atoms with Gasteiger partial charge in [-0.3, -0.25) is 0 Å². The van der Waals surface area contributed by atoms with E-state index in [2.05, 4.69) is 15.9 Å². The number of halogens is 1. The van der Waals surface area contributed by atoms with E-state index in [9.17, 15) is 14.7 Å². The fraction of sp³-hybridized carbons (Fsp3) is 0.300. The molecule has 144 valence electrons. The first-order chi connectivity index (χ1) is 13.0. The average Bonchev–Trinajstić information content (AvgIpc) is 2.66. The molecule has 0 saturated carbocycles. The predicted molar refractivity (Wildman–Crippen MR) is 104 cm³/mol. The highest BCUT2D eigenvalue weighted by atomic mass is 79.9. The highest BCUT2D eigenvalue weighted by Gasteiger charge is 2.12. The van der Waals surface area contributed by atoms with Crippen LogP contribution in [-0.2, 0) is 16.7 Å². The number of alkyl halides is 1. The Kier molecular flexibility index (Phi) is 7.67. The molecular weight excluding hydrogens is 416 g/mol. The molecule has 0 atom stereocenters. The number of aromatic carboxylic acids is 1. The molecule has 0 unspecified atom stereocenters. The van der Waals surface area contributed by atoms with Crippen LogP contribution in [0.1, 0.15) is 45.7 Å². The van der Waals surface area contributed by atoms with Crippen molar-refractivity contribution in [1.29, 1.82) is 0 Å². The molecule has 0 spiro atoms. The van der Waals surface area contributed by atoms with Crippen molar-refractivity contribution in [2.24, 2.45) is 0 Å². The Morgan fingerprint density at radius 1 is 0.889 bits per heavy atom. The summed E-state index contributed by atoms with van der Waals surface area (Å²) in [5, 5.41) is 9.82. The van der Waals surface area contributed by atoms with Crippen LogP contribution in [0.25, 0.3) is 0 Å². The molecule has 2 rings (SSSR count). The van der Waals surface area contributed by atoms with E-state index in [-0.39, 0.29) is 12.2 Å². The fourth-order valence-electron chi connectivity index (χ4n) is 2.45. The highest BCUT2D eigenvalue weighted by Crippen LogP contribution is 2.24. The highest BCUT2D eigenvalue weighted by molar-refractivity contribution is 9.08. The van der Waals surface area contributed by atoms with Crippen LogP contribution in [0.4, 0.5) is 0 Å². The average molecular weight is 437 g/mol. The third-order valence-electron chi connectivity index (χ3n) is 3.56. The third kappa shape index (κ3) is 5.99. The smallest absolute Gasteiger partial charge is 0.338 e. The number of carbonyl (C=O) groups excluding carboxylic acids is 1. The zero-order chi connectivity index (χ0) is 19.8. The molecule has 0 aliphatic rings. The summed E-state index contributed by atoms with van der Waals surface area (Å²) >= 11 is 3.39. The van der Waals surface area contributed by atoms with Crippen LogP contribution >= 0.6 is 15.9 Å². The summed E-state index contributed by atoms with van der Waals surface area (Å²) in [6.07, 6.45) is 0. The van der Waals surface area contributed by atoms with Crippen molar-refractivity contribution >= 4 is 27.9 Å². The zero-order valence-corrected chi connectivity index (χ0v) is 16.7. The standard InChI is InChI=1S/C20H21BrO6/c1-3-25-17-8-15(19(22)23)9-18(10-17)27-12-14-5-13(11-21)6-16(7-14)20(24)26-4-2/h5-10H,3-4,11-12H2,1-2H3,(H,22,23). The molecule has 0 radical (unpaired) electrons. The number of carbonyl (C=O) groups is 2. The largest absolute Gasteiger partial charge is 0.494 e. The van der Waals surface area contributed by atoms with E-state index in [1.54, 1.807) is 25.1 Å². The Bertz CT molecular complexity index is 818. The van der Waals surface area contributed by atoms with Crippen molar-refractivity contribution in [1.82, 2.24) is 0 Å². The monoisotopic (exact) mass is 436 g/mol. The van der Waals surface area contributed by atoms with E-state index in [4.69, 9.17) is 14.2 Å². The number of carboxylic acid groups (broad SMARTS) is 1. The van der Waals surface area contributed by atoms with Gasteiger partial charge in [0.25, 0.3) is 0 Å². The summed E-state index contributed by atoms with van der Waals surface area (Å²) in [6.45, 7) is 4.45. The van der Waals surface area contributed by atoms with Gasteiger partial charge in [-0.05, 0) is 49.2 Å². The predicted octanol–water partition coefficient (Wildman–Crippen LogP) is 4.43. The fourth-order valence-corrected chi connectivity index (χ4v) is 2.77. The quantitative estimate of drug-likeness (QED) is 0.462. The lowest BCUT2D eigenvalue weighted by Gasteiger charge is -2.12. The second kappa shape index (κ2) is 9.97. The van der Waals surface area contributed by atoms with Crippen LogP contribution < -0.4 is 9.47 Å². The molecule has 0 heterocycles. The van der Waals surface area contributed by atoms with Crippen molar-refractivity contribution in [2.45, 2.75) is 25.8 Å². The molecule has 2 aromatic rings. The Labute approximate surface area is 166 Å². The van der Waals surface area contributed by atoms with Gasteiger partial charge in [0.15, 0.2) is 0 Å². The molecule has 0 aromatic heterocycles. The number of carboxylic acids is 1. The third-order valence-corrected chi connectivity index (χ3v) is 4.21. The van der Waals surface area contributed by atoms with Gasteiger partial charge in [0.2, 0.25) is 0 Å². The first kappa shape index (κ1) is 20.8. The van der Waals surface area contributed by atoms with Crippen molar-refractivity contribution in [3.63, 3.8) is 0 Å². The zero-order valence-electron chi connectivity index (χ0n) is 15.2. The lowest BCUT2D eigenvalue weighted by molar-refractivity contribution is 0.0525. The maximum atomic E-state index is 12.0. The van der Waals surface area contributed by atoms with Crippen LogP contribution in [0.15, 0.2) is 36.4 Å². The summed E-state index contributed by atoms with van der Waals surface area (Å²) in [5.41, 5.74) is 2.21. The summed E-state index contributed by atoms with van der Waals surface area (Å²) in [6, 6.07) is 9.89. The summed E-state index contributed by atoms with van der Waals surface area (Å²) < 4.78 is 16.2. The minimum Gasteiger partial charge on any atom is -0.494 e. The van der Waals surface area contributed by atoms with Gasteiger partial charge in [-0.15, -0.1) is 0 Å². The molecule has 0 fully saturated rings. The van der Waals surface area contributed by atoms with Crippen molar-refractivity contribution < 1.29 is 28.9 Å². The van der Waals surface area contributed by atoms with Gasteiger partial charge in [-0.25, -0.2) is 9.59 Å². The summed E-state index contributed by atoms with van der Waals surface area (Å²) in [7, 11) is 0. The summed E-state index contributed by atoms with van der Waals surface area (Å²) in [4.78, 5) is 23.3. The maximum absolute atomic E-state index is 12.0. The summed E-state index contributed by atoms with van der Waals surface area (Å²) in [5.74, 6) is -0.658. The Morgan fingerprint density at radius 3 is 2.15 bits per heavy atom. The molecule has 1 N–H and O–H groups in total. The Hall–Kier alpha value is -2.54. The molecule has 0 aliphatic heterocycles. The molecular formula is C20H21BrO6. The molecule has 0 saturated heterocycles. The van der Waals surface area contributed by atoms with E-state index >= 15 is 0 Å². The van der Waals surface area contributed by atoms with Gasteiger partial charge in [0.05, 0.1) is 24.3 Å². The number of ether oxygens (including phenoxy) is 3. The van der Waals surface area contributed by atoms with E-state index in [1.165, 1.54) is 12.1 Å². The van der Waals surface area contributed by atoms with E-state index in [0.29, 0.717) is 35.6 Å². The number of esters is 1. The molecule has 0 aliphatic carbocycles. The molecule has 6 nitrogen and oxygen atoms in total. The lowest BCUT2D eigenvalue weighted by atomic mass is 10.1. The number of hydrogen-bond donors (Lipinski definition) is 1. The second-order valence-corrected chi connectivity index (χ2v) is 6.17. The number of rotatable bonds is 9. The van der Waals surface area contributed by atoms with Crippen LogP contribution in [-0.4, -0.2) is 30.3 Å². The van der Waals surface area contributed by atoms with Gasteiger partial charge in [-0.1, -0.05) is 22.0 Å². The molecule has 2 aromatic carbocycles. The second-order valence-electron chi connectivity index (χ2n) is 5.61. The van der Waals surface area contributed by atoms with E-state index in [1.807, 2.05) is 13.0 Å². The molecule has 27 heavy (non-hydrogen) atoms. The van der Waals surface area contributed by atoms with Crippen LogP contribution in [0.3, 0.4) is 0 Å². The normalized spacial score (nSPS) is 10.3. The van der Waals surface area contributed by atoms with Crippen molar-refractivity contribution in [3.05, 3.63) is 58.7 Å². The maximum Gasteiger partial charge on any atom is 0.338 e. The van der Waals surface area contributed by atoms with Gasteiger partial charge in [0, 0.05) is 11.4 Å². The SMILES string of the molecule is CCOC(=O)c1cc(CBr)cc(COc2cc(OCC)cc(C(=O)O)c2)c1. The number of benzene rings is 2. The molecule has 0 bridgehead atoms. The van der Waals surface area contributed by atoms with Crippen LogP contribution in [0.2, 0.25) is 0 Å². The number of hydrogen-bond acceptors (Lipinski definition) is 5. The first-order valence-corrected chi connectivity index (χ1v) is 9.58. The van der Waals surface area contributed by atoms with Gasteiger partial charge in [0.1, 0.15) is 18.1 Å². The van der Waals surface area contributed by atoms with Crippen LogP contribution in [0.5, 0.6) is 11.5 Å². The Balaban J connectivity index is 2.23. The topological polar surface area (TPSA) is 82.1 Å².